The van der Waals surface area contributed by atoms with Gasteiger partial charge in [0.15, 0.2) is 0 Å². The summed E-state index contributed by atoms with van der Waals surface area (Å²) in [5.41, 5.74) is 2.58. The van der Waals surface area contributed by atoms with Crippen LogP contribution in [0.15, 0.2) is 24.3 Å². The van der Waals surface area contributed by atoms with Crippen molar-refractivity contribution >= 4 is 22.6 Å². The lowest BCUT2D eigenvalue weighted by Gasteiger charge is -2.36. The fourth-order valence-corrected chi connectivity index (χ4v) is 3.26. The highest BCUT2D eigenvalue weighted by Gasteiger charge is 2.24. The Labute approximate surface area is 145 Å². The number of fused-ring (bicyclic) bond motifs is 1. The molecule has 0 bridgehead atoms. The van der Waals surface area contributed by atoms with Crippen LogP contribution in [0.4, 0.5) is 10.1 Å². The van der Waals surface area contributed by atoms with E-state index in [-0.39, 0.29) is 18.5 Å². The zero-order chi connectivity index (χ0) is 18.0. The molecule has 1 aromatic carbocycles. The fourth-order valence-electron chi connectivity index (χ4n) is 3.26. The SMILES string of the molecule is Cc1cc(N2CCOC(CN(C)CC(=O)O)C2)c2cc(F)ccc2n1. The number of morpholine rings is 1. The van der Waals surface area contributed by atoms with E-state index in [1.165, 1.54) is 12.1 Å². The summed E-state index contributed by atoms with van der Waals surface area (Å²) in [7, 11) is 1.76. The van der Waals surface area contributed by atoms with Gasteiger partial charge in [0.2, 0.25) is 0 Å². The number of aliphatic carboxylic acids is 1. The van der Waals surface area contributed by atoms with Crippen molar-refractivity contribution in [2.75, 3.05) is 44.7 Å². The quantitative estimate of drug-likeness (QED) is 0.891. The Morgan fingerprint density at radius 1 is 1.48 bits per heavy atom. The molecule has 6 nitrogen and oxygen atoms in total. The van der Waals surface area contributed by atoms with Crippen LogP contribution in [-0.4, -0.2) is 66.9 Å². The Kier molecular flexibility index (Phi) is 5.15. The van der Waals surface area contributed by atoms with Gasteiger partial charge in [-0.05, 0) is 38.2 Å². The molecule has 1 atom stereocenters. The van der Waals surface area contributed by atoms with E-state index >= 15 is 0 Å². The number of ether oxygens (including phenoxy) is 1. The van der Waals surface area contributed by atoms with Crippen LogP contribution < -0.4 is 4.90 Å². The van der Waals surface area contributed by atoms with Crippen molar-refractivity contribution < 1.29 is 19.0 Å². The second kappa shape index (κ2) is 7.33. The molecule has 0 aliphatic carbocycles. The molecule has 2 aromatic rings. The molecule has 1 aliphatic heterocycles. The molecule has 25 heavy (non-hydrogen) atoms. The number of carboxylic acids is 1. The summed E-state index contributed by atoms with van der Waals surface area (Å²) in [6.45, 7) is 4.30. The van der Waals surface area contributed by atoms with Crippen LogP contribution in [0.1, 0.15) is 5.69 Å². The number of anilines is 1. The molecule has 1 saturated heterocycles. The standard InChI is InChI=1S/C18H22FN3O3/c1-12-7-17(15-8-13(19)3-4-16(15)20-12)22-5-6-25-14(10-22)9-21(2)11-18(23)24/h3-4,7-8,14H,5-6,9-11H2,1-2H3,(H,23,24). The minimum absolute atomic E-state index is 0.0254. The van der Waals surface area contributed by atoms with Crippen LogP contribution in [-0.2, 0) is 9.53 Å². The molecule has 1 N–H and O–H groups in total. The van der Waals surface area contributed by atoms with E-state index in [9.17, 15) is 9.18 Å². The van der Waals surface area contributed by atoms with Gasteiger partial charge in [0, 0.05) is 36.4 Å². The Balaban J connectivity index is 1.83. The first-order chi connectivity index (χ1) is 11.9. The number of benzene rings is 1. The smallest absolute Gasteiger partial charge is 0.317 e. The van der Waals surface area contributed by atoms with Crippen LogP contribution >= 0.6 is 0 Å². The van der Waals surface area contributed by atoms with E-state index in [2.05, 4.69) is 9.88 Å². The molecule has 2 heterocycles. The molecule has 1 unspecified atom stereocenters. The minimum atomic E-state index is -0.860. The highest BCUT2D eigenvalue weighted by atomic mass is 19.1. The summed E-state index contributed by atoms with van der Waals surface area (Å²) >= 11 is 0. The van der Waals surface area contributed by atoms with Crippen LogP contribution in [0.5, 0.6) is 0 Å². The topological polar surface area (TPSA) is 65.9 Å². The number of carbonyl (C=O) groups is 1. The van der Waals surface area contributed by atoms with Crippen molar-refractivity contribution in [1.29, 1.82) is 0 Å². The highest BCUT2D eigenvalue weighted by Crippen LogP contribution is 2.29. The fraction of sp³-hybridized carbons (Fsp3) is 0.444. The lowest BCUT2D eigenvalue weighted by atomic mass is 10.1. The predicted octanol–water partition coefficient (Wildman–Crippen LogP) is 1.90. The Morgan fingerprint density at radius 2 is 2.28 bits per heavy atom. The van der Waals surface area contributed by atoms with Crippen molar-refractivity contribution in [1.82, 2.24) is 9.88 Å². The molecule has 0 spiro atoms. The average Bonchev–Trinajstić information content (AvgIpc) is 2.54. The number of pyridine rings is 1. The molecular weight excluding hydrogens is 325 g/mol. The number of carboxylic acid groups (broad SMARTS) is 1. The molecule has 3 rings (SSSR count). The van der Waals surface area contributed by atoms with Crippen molar-refractivity contribution in [2.24, 2.45) is 0 Å². The lowest BCUT2D eigenvalue weighted by molar-refractivity contribution is -0.138. The van der Waals surface area contributed by atoms with Gasteiger partial charge in [0.1, 0.15) is 5.82 Å². The number of aromatic nitrogens is 1. The number of aryl methyl sites for hydroxylation is 1. The van der Waals surface area contributed by atoms with Gasteiger partial charge < -0.3 is 14.7 Å². The summed E-state index contributed by atoms with van der Waals surface area (Å²) in [6, 6.07) is 6.59. The van der Waals surface area contributed by atoms with Gasteiger partial charge in [-0.1, -0.05) is 0 Å². The highest BCUT2D eigenvalue weighted by molar-refractivity contribution is 5.92. The third kappa shape index (κ3) is 4.24. The van der Waals surface area contributed by atoms with Crippen molar-refractivity contribution in [2.45, 2.75) is 13.0 Å². The lowest BCUT2D eigenvalue weighted by Crippen LogP contribution is -2.47. The van der Waals surface area contributed by atoms with Crippen LogP contribution in [0, 0.1) is 12.7 Å². The largest absolute Gasteiger partial charge is 0.480 e. The normalized spacial score (nSPS) is 18.1. The van der Waals surface area contributed by atoms with Gasteiger partial charge in [-0.25, -0.2) is 4.39 Å². The van der Waals surface area contributed by atoms with Gasteiger partial charge in [-0.2, -0.15) is 0 Å². The van der Waals surface area contributed by atoms with Gasteiger partial charge in [0.05, 0.1) is 24.8 Å². The average molecular weight is 347 g/mol. The van der Waals surface area contributed by atoms with E-state index in [1.807, 2.05) is 13.0 Å². The molecular formula is C18H22FN3O3. The Hall–Kier alpha value is -2.25. The number of nitrogens with zero attached hydrogens (tertiary/aromatic N) is 3. The number of hydrogen-bond donors (Lipinski definition) is 1. The summed E-state index contributed by atoms with van der Waals surface area (Å²) < 4.78 is 19.5. The number of halogens is 1. The molecule has 7 heteroatoms. The molecule has 1 aliphatic rings. The molecule has 134 valence electrons. The summed E-state index contributed by atoms with van der Waals surface area (Å²) in [5, 5.41) is 9.67. The number of rotatable bonds is 5. The van der Waals surface area contributed by atoms with Crippen LogP contribution in [0.3, 0.4) is 0 Å². The van der Waals surface area contributed by atoms with Crippen molar-refractivity contribution in [3.8, 4) is 0 Å². The van der Waals surface area contributed by atoms with Gasteiger partial charge >= 0.3 is 5.97 Å². The third-order valence-electron chi connectivity index (χ3n) is 4.28. The maximum Gasteiger partial charge on any atom is 0.317 e. The zero-order valence-corrected chi connectivity index (χ0v) is 14.4. The van der Waals surface area contributed by atoms with Crippen LogP contribution in [0.2, 0.25) is 0 Å². The molecule has 1 fully saturated rings. The second-order valence-electron chi connectivity index (χ2n) is 6.47. The van der Waals surface area contributed by atoms with Crippen molar-refractivity contribution in [3.63, 3.8) is 0 Å². The summed E-state index contributed by atoms with van der Waals surface area (Å²) in [6.07, 6.45) is -0.102. The van der Waals surface area contributed by atoms with E-state index in [0.29, 0.717) is 26.2 Å². The van der Waals surface area contributed by atoms with E-state index < -0.39 is 5.97 Å². The second-order valence-corrected chi connectivity index (χ2v) is 6.47. The predicted molar refractivity (Wildman–Crippen MR) is 93.5 cm³/mol. The monoisotopic (exact) mass is 347 g/mol. The van der Waals surface area contributed by atoms with Gasteiger partial charge in [-0.15, -0.1) is 0 Å². The first kappa shape index (κ1) is 17.6. The van der Waals surface area contributed by atoms with E-state index in [4.69, 9.17) is 9.84 Å². The Bertz CT molecular complexity index is 783. The van der Waals surface area contributed by atoms with E-state index in [1.54, 1.807) is 18.0 Å². The maximum atomic E-state index is 13.7. The zero-order valence-electron chi connectivity index (χ0n) is 14.4. The summed E-state index contributed by atoms with van der Waals surface area (Å²) in [5.74, 6) is -1.15. The molecule has 1 aromatic heterocycles. The van der Waals surface area contributed by atoms with Gasteiger partial charge in [-0.3, -0.25) is 14.7 Å². The van der Waals surface area contributed by atoms with E-state index in [0.717, 1.165) is 22.3 Å². The third-order valence-corrected chi connectivity index (χ3v) is 4.28. The van der Waals surface area contributed by atoms with Crippen LogP contribution in [0.25, 0.3) is 10.9 Å². The Morgan fingerprint density at radius 3 is 3.04 bits per heavy atom. The van der Waals surface area contributed by atoms with Crippen molar-refractivity contribution in [3.05, 3.63) is 35.8 Å². The summed E-state index contributed by atoms with van der Waals surface area (Å²) in [4.78, 5) is 19.2. The first-order valence-electron chi connectivity index (χ1n) is 8.26. The molecule has 0 amide bonds. The number of likely N-dealkylation sites (N-methyl/N-ethyl adjacent to an activating group) is 1. The number of hydrogen-bond acceptors (Lipinski definition) is 5. The van der Waals surface area contributed by atoms with Gasteiger partial charge in [0.25, 0.3) is 0 Å². The molecule has 0 saturated carbocycles. The molecule has 0 radical (unpaired) electrons. The minimum Gasteiger partial charge on any atom is -0.480 e. The maximum absolute atomic E-state index is 13.7. The first-order valence-corrected chi connectivity index (χ1v) is 8.26.